The fraction of sp³-hybridized carbons (Fsp3) is 0.417. The van der Waals surface area contributed by atoms with Gasteiger partial charge in [0.2, 0.25) is 5.91 Å². The molecule has 0 saturated carbocycles. The summed E-state index contributed by atoms with van der Waals surface area (Å²) in [6.07, 6.45) is 2.53. The van der Waals surface area contributed by atoms with Crippen LogP contribution in [0.5, 0.6) is 0 Å². The number of nitrogens with two attached hydrogens (primary N) is 2. The average molecular weight is 251 g/mol. The first-order valence-corrected chi connectivity index (χ1v) is 6.76. The lowest BCUT2D eigenvalue weighted by Gasteiger charge is -2.13. The summed E-state index contributed by atoms with van der Waals surface area (Å²) in [5, 5.41) is 3.94. The Balaban J connectivity index is 2.03. The predicted molar refractivity (Wildman–Crippen MR) is 73.3 cm³/mol. The van der Waals surface area contributed by atoms with Crippen molar-refractivity contribution in [2.75, 3.05) is 23.3 Å². The van der Waals surface area contributed by atoms with Gasteiger partial charge in [0.15, 0.2) is 0 Å². The minimum absolute atomic E-state index is 0.428. The summed E-state index contributed by atoms with van der Waals surface area (Å²) in [7, 11) is 0. The van der Waals surface area contributed by atoms with Crippen molar-refractivity contribution < 1.29 is 4.79 Å². The Morgan fingerprint density at radius 3 is 3.00 bits per heavy atom. The van der Waals surface area contributed by atoms with Crippen LogP contribution in [0.4, 0.5) is 11.4 Å². The maximum absolute atomic E-state index is 11.1. The van der Waals surface area contributed by atoms with Crippen LogP contribution in [-0.2, 0) is 0 Å². The number of nitrogen functional groups attached to an aromatic ring is 1. The zero-order chi connectivity index (χ0) is 12.3. The van der Waals surface area contributed by atoms with Gasteiger partial charge in [0.1, 0.15) is 0 Å². The van der Waals surface area contributed by atoms with Gasteiger partial charge in [-0.2, -0.15) is 11.8 Å². The Bertz CT molecular complexity index is 416. The minimum atomic E-state index is -0.428. The second-order valence-electron chi connectivity index (χ2n) is 4.18. The average Bonchev–Trinajstić information content (AvgIpc) is 2.80. The molecule has 0 aromatic heterocycles. The Labute approximate surface area is 105 Å². The number of anilines is 2. The van der Waals surface area contributed by atoms with Crippen molar-refractivity contribution in [1.29, 1.82) is 0 Å². The zero-order valence-corrected chi connectivity index (χ0v) is 10.4. The first-order valence-electron chi connectivity index (χ1n) is 5.71. The molecule has 0 aliphatic carbocycles. The third-order valence-electron chi connectivity index (χ3n) is 2.88. The summed E-state index contributed by atoms with van der Waals surface area (Å²) in [5.74, 6) is 0.812. The molecule has 0 spiro atoms. The number of benzene rings is 1. The summed E-state index contributed by atoms with van der Waals surface area (Å²) >= 11 is 1.98. The molecule has 1 amide bonds. The number of carbonyl (C=O) groups is 1. The lowest BCUT2D eigenvalue weighted by Crippen LogP contribution is -2.16. The van der Waals surface area contributed by atoms with E-state index in [1.807, 2.05) is 11.8 Å². The highest BCUT2D eigenvalue weighted by atomic mass is 32.2. The lowest BCUT2D eigenvalue weighted by molar-refractivity contribution is 0.100. The van der Waals surface area contributed by atoms with Gasteiger partial charge in [-0.05, 0) is 36.8 Å². The smallest absolute Gasteiger partial charge is 0.248 e. The van der Waals surface area contributed by atoms with Crippen molar-refractivity contribution in [2.45, 2.75) is 18.1 Å². The molecule has 1 saturated heterocycles. The highest BCUT2D eigenvalue weighted by Crippen LogP contribution is 2.27. The molecule has 1 heterocycles. The highest BCUT2D eigenvalue weighted by molar-refractivity contribution is 8.00. The summed E-state index contributed by atoms with van der Waals surface area (Å²) in [5.41, 5.74) is 13.0. The Kier molecular flexibility index (Phi) is 3.78. The van der Waals surface area contributed by atoms with Crippen LogP contribution >= 0.6 is 11.8 Å². The fourth-order valence-electron chi connectivity index (χ4n) is 1.89. The van der Waals surface area contributed by atoms with E-state index in [1.54, 1.807) is 18.2 Å². The zero-order valence-electron chi connectivity index (χ0n) is 9.61. The molecule has 5 heteroatoms. The van der Waals surface area contributed by atoms with Crippen molar-refractivity contribution in [3.63, 3.8) is 0 Å². The van der Waals surface area contributed by atoms with Crippen molar-refractivity contribution in [1.82, 2.24) is 0 Å². The molecule has 0 radical (unpaired) electrons. The van der Waals surface area contributed by atoms with Crippen LogP contribution < -0.4 is 16.8 Å². The van der Waals surface area contributed by atoms with Gasteiger partial charge in [0.05, 0.1) is 11.4 Å². The molecule has 1 unspecified atom stereocenters. The quantitative estimate of drug-likeness (QED) is 0.711. The maximum atomic E-state index is 11.1. The van der Waals surface area contributed by atoms with Crippen LogP contribution in [0.1, 0.15) is 23.2 Å². The Morgan fingerprint density at radius 2 is 2.35 bits per heavy atom. The second-order valence-corrected chi connectivity index (χ2v) is 5.59. The summed E-state index contributed by atoms with van der Waals surface area (Å²) in [4.78, 5) is 11.1. The number of nitrogens with one attached hydrogen (secondary N) is 1. The summed E-state index contributed by atoms with van der Waals surface area (Å²) in [6, 6.07) is 5.08. The van der Waals surface area contributed by atoms with E-state index in [1.165, 1.54) is 18.6 Å². The molecule has 0 bridgehead atoms. The Morgan fingerprint density at radius 1 is 1.53 bits per heavy atom. The molecule has 2 rings (SSSR count). The molecule has 5 N–H and O–H groups in total. The molecule has 1 aromatic carbocycles. The normalized spacial score (nSPS) is 19.2. The van der Waals surface area contributed by atoms with Gasteiger partial charge in [-0.25, -0.2) is 0 Å². The van der Waals surface area contributed by atoms with E-state index in [0.717, 1.165) is 12.2 Å². The first-order chi connectivity index (χ1) is 8.16. The van der Waals surface area contributed by atoms with Crippen LogP contribution in [0.3, 0.4) is 0 Å². The van der Waals surface area contributed by atoms with Crippen molar-refractivity contribution in [3.05, 3.63) is 23.8 Å². The van der Waals surface area contributed by atoms with E-state index < -0.39 is 5.91 Å². The molecular formula is C12H17N3OS. The summed E-state index contributed by atoms with van der Waals surface area (Å²) < 4.78 is 0. The minimum Gasteiger partial charge on any atom is -0.397 e. The van der Waals surface area contributed by atoms with E-state index in [4.69, 9.17) is 11.5 Å². The van der Waals surface area contributed by atoms with Gasteiger partial charge in [-0.3, -0.25) is 4.79 Å². The van der Waals surface area contributed by atoms with Crippen molar-refractivity contribution in [3.8, 4) is 0 Å². The molecule has 1 aliphatic heterocycles. The van der Waals surface area contributed by atoms with Crippen LogP contribution in [0.2, 0.25) is 0 Å². The predicted octanol–water partition coefficient (Wildman–Crippen LogP) is 1.68. The SMILES string of the molecule is NC(=O)c1ccc(N)c(NCC2CCCS2)c1. The van der Waals surface area contributed by atoms with Crippen LogP contribution in [0.15, 0.2) is 18.2 Å². The Hall–Kier alpha value is -1.36. The maximum Gasteiger partial charge on any atom is 0.248 e. The van der Waals surface area contributed by atoms with E-state index in [2.05, 4.69) is 5.32 Å². The largest absolute Gasteiger partial charge is 0.397 e. The number of hydrogen-bond acceptors (Lipinski definition) is 4. The van der Waals surface area contributed by atoms with E-state index in [9.17, 15) is 4.79 Å². The van der Waals surface area contributed by atoms with Gasteiger partial charge < -0.3 is 16.8 Å². The molecule has 1 aliphatic rings. The van der Waals surface area contributed by atoms with Crippen LogP contribution in [0, 0.1) is 0 Å². The third-order valence-corrected chi connectivity index (χ3v) is 4.28. The van der Waals surface area contributed by atoms with Gasteiger partial charge in [0, 0.05) is 17.4 Å². The lowest BCUT2D eigenvalue weighted by atomic mass is 10.1. The van der Waals surface area contributed by atoms with Gasteiger partial charge in [0.25, 0.3) is 0 Å². The number of primary amides is 1. The van der Waals surface area contributed by atoms with Crippen LogP contribution in [0.25, 0.3) is 0 Å². The summed E-state index contributed by atoms with van der Waals surface area (Å²) in [6.45, 7) is 0.886. The van der Waals surface area contributed by atoms with Gasteiger partial charge >= 0.3 is 0 Å². The standard InChI is InChI=1S/C12H17N3OS/c13-10-4-3-8(12(14)16)6-11(10)15-7-9-2-1-5-17-9/h3-4,6,9,15H,1-2,5,7,13H2,(H2,14,16). The first kappa shape index (κ1) is 12.1. The molecule has 1 aromatic rings. The molecule has 1 atom stereocenters. The fourth-order valence-corrected chi connectivity index (χ4v) is 3.09. The van der Waals surface area contributed by atoms with Gasteiger partial charge in [-0.15, -0.1) is 0 Å². The molecule has 92 valence electrons. The van der Waals surface area contributed by atoms with Crippen molar-refractivity contribution >= 4 is 29.0 Å². The van der Waals surface area contributed by atoms with E-state index in [-0.39, 0.29) is 0 Å². The van der Waals surface area contributed by atoms with Gasteiger partial charge in [-0.1, -0.05) is 0 Å². The van der Waals surface area contributed by atoms with Crippen molar-refractivity contribution in [2.24, 2.45) is 5.73 Å². The molecule has 4 nitrogen and oxygen atoms in total. The number of carbonyl (C=O) groups excluding carboxylic acids is 1. The third kappa shape index (κ3) is 3.06. The number of rotatable bonds is 4. The monoisotopic (exact) mass is 251 g/mol. The second kappa shape index (κ2) is 5.31. The topological polar surface area (TPSA) is 81.1 Å². The van der Waals surface area contributed by atoms with E-state index >= 15 is 0 Å². The highest BCUT2D eigenvalue weighted by Gasteiger charge is 2.15. The van der Waals surface area contributed by atoms with E-state index in [0.29, 0.717) is 16.5 Å². The molecular weight excluding hydrogens is 234 g/mol. The molecule has 17 heavy (non-hydrogen) atoms. The van der Waals surface area contributed by atoms with Crippen LogP contribution in [-0.4, -0.2) is 23.5 Å². The molecule has 1 fully saturated rings. The number of hydrogen-bond donors (Lipinski definition) is 3. The number of amides is 1. The number of thioether (sulfide) groups is 1.